The van der Waals surface area contributed by atoms with E-state index in [-0.39, 0.29) is 11.8 Å². The lowest BCUT2D eigenvalue weighted by molar-refractivity contribution is -0.384. The standard InChI is InChI=1S/C14H23N3O3/c1-11(2)20-14-10-12(17(18)19)6-7-13(14)16(5)9-8-15(3)4/h6-7,10-11H,8-9H2,1-5H3. The number of hydrogen-bond donors (Lipinski definition) is 0. The van der Waals surface area contributed by atoms with Crippen molar-refractivity contribution in [3.05, 3.63) is 28.3 Å². The molecule has 0 aromatic heterocycles. The Bertz CT molecular complexity index is 461. The monoisotopic (exact) mass is 281 g/mol. The summed E-state index contributed by atoms with van der Waals surface area (Å²) in [5, 5.41) is 10.9. The van der Waals surface area contributed by atoms with Gasteiger partial charge in [-0.05, 0) is 34.0 Å². The summed E-state index contributed by atoms with van der Waals surface area (Å²) in [6.07, 6.45) is -0.0296. The highest BCUT2D eigenvalue weighted by molar-refractivity contribution is 5.62. The third-order valence-electron chi connectivity index (χ3n) is 2.81. The fourth-order valence-electron chi connectivity index (χ4n) is 1.75. The van der Waals surface area contributed by atoms with Crippen molar-refractivity contribution < 1.29 is 9.66 Å². The van der Waals surface area contributed by atoms with Crippen molar-refractivity contribution in [2.75, 3.05) is 39.1 Å². The van der Waals surface area contributed by atoms with E-state index in [1.165, 1.54) is 12.1 Å². The molecule has 0 N–H and O–H groups in total. The molecule has 112 valence electrons. The average molecular weight is 281 g/mol. The van der Waals surface area contributed by atoms with Gasteiger partial charge in [-0.2, -0.15) is 0 Å². The molecule has 6 heteroatoms. The fraction of sp³-hybridized carbons (Fsp3) is 0.571. The van der Waals surface area contributed by atoms with Gasteiger partial charge >= 0.3 is 0 Å². The second-order valence-electron chi connectivity index (χ2n) is 5.30. The summed E-state index contributed by atoms with van der Waals surface area (Å²) < 4.78 is 5.70. The lowest BCUT2D eigenvalue weighted by Gasteiger charge is -2.24. The van der Waals surface area contributed by atoms with Crippen molar-refractivity contribution in [2.45, 2.75) is 20.0 Å². The maximum atomic E-state index is 10.9. The first-order chi connectivity index (χ1) is 9.31. The van der Waals surface area contributed by atoms with E-state index >= 15 is 0 Å². The molecule has 0 spiro atoms. The smallest absolute Gasteiger partial charge is 0.273 e. The minimum atomic E-state index is -0.406. The van der Waals surface area contributed by atoms with Crippen LogP contribution in [-0.4, -0.2) is 50.2 Å². The Kier molecular flexibility index (Phi) is 5.76. The van der Waals surface area contributed by atoms with E-state index in [1.54, 1.807) is 6.07 Å². The summed E-state index contributed by atoms with van der Waals surface area (Å²) in [7, 11) is 5.97. The molecule has 0 unspecified atom stereocenters. The van der Waals surface area contributed by atoms with Gasteiger partial charge in [0, 0.05) is 26.2 Å². The lowest BCUT2D eigenvalue weighted by Crippen LogP contribution is -2.29. The van der Waals surface area contributed by atoms with Crippen LogP contribution in [0, 0.1) is 10.1 Å². The summed E-state index contributed by atoms with van der Waals surface area (Å²) in [5.74, 6) is 0.551. The third kappa shape index (κ3) is 4.70. The van der Waals surface area contributed by atoms with Gasteiger partial charge in [0.05, 0.1) is 22.8 Å². The molecule has 0 saturated carbocycles. The van der Waals surface area contributed by atoms with Crippen molar-refractivity contribution in [2.24, 2.45) is 0 Å². The van der Waals surface area contributed by atoms with E-state index in [0.717, 1.165) is 18.8 Å². The van der Waals surface area contributed by atoms with E-state index < -0.39 is 4.92 Å². The van der Waals surface area contributed by atoms with Crippen LogP contribution in [0.5, 0.6) is 5.75 Å². The van der Waals surface area contributed by atoms with Crippen molar-refractivity contribution in [3.8, 4) is 5.75 Å². The molecular formula is C14H23N3O3. The van der Waals surface area contributed by atoms with Gasteiger partial charge < -0.3 is 14.5 Å². The number of non-ortho nitro benzene ring substituents is 1. The van der Waals surface area contributed by atoms with Crippen LogP contribution >= 0.6 is 0 Å². The Morgan fingerprint density at radius 2 is 1.90 bits per heavy atom. The quantitative estimate of drug-likeness (QED) is 0.567. The van der Waals surface area contributed by atoms with Gasteiger partial charge in [-0.3, -0.25) is 10.1 Å². The van der Waals surface area contributed by atoms with Gasteiger partial charge in [-0.15, -0.1) is 0 Å². The minimum Gasteiger partial charge on any atom is -0.489 e. The molecule has 6 nitrogen and oxygen atoms in total. The van der Waals surface area contributed by atoms with Crippen LogP contribution in [0.3, 0.4) is 0 Å². The van der Waals surface area contributed by atoms with E-state index in [2.05, 4.69) is 4.90 Å². The molecule has 0 saturated heterocycles. The predicted octanol–water partition coefficient (Wildman–Crippen LogP) is 2.38. The zero-order chi connectivity index (χ0) is 15.3. The highest BCUT2D eigenvalue weighted by atomic mass is 16.6. The van der Waals surface area contributed by atoms with Crippen LogP contribution in [0.1, 0.15) is 13.8 Å². The van der Waals surface area contributed by atoms with Crippen molar-refractivity contribution in [1.29, 1.82) is 0 Å². The first-order valence-corrected chi connectivity index (χ1v) is 6.62. The molecule has 0 bridgehead atoms. The molecule has 0 aliphatic heterocycles. The molecule has 1 rings (SSSR count). The molecular weight excluding hydrogens is 258 g/mol. The maximum Gasteiger partial charge on any atom is 0.273 e. The first kappa shape index (κ1) is 16.2. The van der Waals surface area contributed by atoms with Crippen LogP contribution in [-0.2, 0) is 0 Å². The summed E-state index contributed by atoms with van der Waals surface area (Å²) in [6, 6.07) is 4.74. The van der Waals surface area contributed by atoms with Gasteiger partial charge in [-0.25, -0.2) is 0 Å². The molecule has 1 aromatic carbocycles. The highest BCUT2D eigenvalue weighted by Crippen LogP contribution is 2.32. The number of benzene rings is 1. The zero-order valence-corrected chi connectivity index (χ0v) is 12.8. The molecule has 0 fully saturated rings. The van der Waals surface area contributed by atoms with Gasteiger partial charge in [0.2, 0.25) is 0 Å². The van der Waals surface area contributed by atoms with Crippen molar-refractivity contribution >= 4 is 11.4 Å². The Morgan fingerprint density at radius 1 is 1.25 bits per heavy atom. The van der Waals surface area contributed by atoms with Gasteiger partial charge in [0.25, 0.3) is 5.69 Å². The summed E-state index contributed by atoms with van der Waals surface area (Å²) >= 11 is 0. The molecule has 0 aliphatic rings. The molecule has 20 heavy (non-hydrogen) atoms. The van der Waals surface area contributed by atoms with E-state index in [4.69, 9.17) is 4.74 Å². The average Bonchev–Trinajstić information content (AvgIpc) is 2.35. The number of nitro benzene ring substituents is 1. The van der Waals surface area contributed by atoms with Crippen LogP contribution in [0.4, 0.5) is 11.4 Å². The molecule has 0 atom stereocenters. The minimum absolute atomic E-state index is 0.0296. The summed E-state index contributed by atoms with van der Waals surface area (Å²) in [4.78, 5) is 14.6. The van der Waals surface area contributed by atoms with Gasteiger partial charge in [0.15, 0.2) is 0 Å². The third-order valence-corrected chi connectivity index (χ3v) is 2.81. The van der Waals surface area contributed by atoms with Crippen LogP contribution < -0.4 is 9.64 Å². The Hall–Kier alpha value is -1.82. The Balaban J connectivity index is 3.00. The van der Waals surface area contributed by atoms with E-state index in [9.17, 15) is 10.1 Å². The van der Waals surface area contributed by atoms with Crippen LogP contribution in [0.25, 0.3) is 0 Å². The Labute approximate surface area is 120 Å². The summed E-state index contributed by atoms with van der Waals surface area (Å²) in [6.45, 7) is 5.53. The second kappa shape index (κ2) is 7.09. The summed E-state index contributed by atoms with van der Waals surface area (Å²) in [5.41, 5.74) is 0.913. The SMILES string of the molecule is CC(C)Oc1cc([N+](=O)[O-])ccc1N(C)CCN(C)C. The zero-order valence-electron chi connectivity index (χ0n) is 12.8. The fourth-order valence-corrected chi connectivity index (χ4v) is 1.75. The number of hydrogen-bond acceptors (Lipinski definition) is 5. The molecule has 0 heterocycles. The van der Waals surface area contributed by atoms with Crippen LogP contribution in [0.15, 0.2) is 18.2 Å². The number of anilines is 1. The number of nitrogens with zero attached hydrogens (tertiary/aromatic N) is 3. The number of likely N-dealkylation sites (N-methyl/N-ethyl adjacent to an activating group) is 2. The lowest BCUT2D eigenvalue weighted by atomic mass is 10.2. The largest absolute Gasteiger partial charge is 0.489 e. The first-order valence-electron chi connectivity index (χ1n) is 6.62. The van der Waals surface area contributed by atoms with Crippen molar-refractivity contribution in [3.63, 3.8) is 0 Å². The van der Waals surface area contributed by atoms with Gasteiger partial charge in [-0.1, -0.05) is 0 Å². The molecule has 0 aliphatic carbocycles. The number of rotatable bonds is 7. The molecule has 0 radical (unpaired) electrons. The maximum absolute atomic E-state index is 10.9. The van der Waals surface area contributed by atoms with Crippen LogP contribution in [0.2, 0.25) is 0 Å². The van der Waals surface area contributed by atoms with E-state index in [1.807, 2.05) is 39.9 Å². The Morgan fingerprint density at radius 3 is 2.40 bits per heavy atom. The van der Waals surface area contributed by atoms with Gasteiger partial charge in [0.1, 0.15) is 5.75 Å². The number of ether oxygens (including phenoxy) is 1. The molecule has 1 aromatic rings. The number of nitro groups is 1. The van der Waals surface area contributed by atoms with E-state index in [0.29, 0.717) is 5.75 Å². The normalized spacial score (nSPS) is 10.9. The highest BCUT2D eigenvalue weighted by Gasteiger charge is 2.15. The molecule has 0 amide bonds. The van der Waals surface area contributed by atoms with Crippen molar-refractivity contribution in [1.82, 2.24) is 4.90 Å². The topological polar surface area (TPSA) is 58.9 Å². The second-order valence-corrected chi connectivity index (χ2v) is 5.30. The predicted molar refractivity (Wildman–Crippen MR) is 80.7 cm³/mol.